The van der Waals surface area contributed by atoms with E-state index < -0.39 is 12.1 Å². The molecule has 2 rings (SSSR count). The summed E-state index contributed by atoms with van der Waals surface area (Å²) in [5.74, 6) is -0.919. The van der Waals surface area contributed by atoms with Crippen LogP contribution in [0.2, 0.25) is 0 Å². The Morgan fingerprint density at radius 2 is 1.76 bits per heavy atom. The van der Waals surface area contributed by atoms with Crippen LogP contribution in [0, 0.1) is 11.3 Å². The van der Waals surface area contributed by atoms with Crippen LogP contribution in [-0.2, 0) is 14.3 Å². The van der Waals surface area contributed by atoms with Gasteiger partial charge in [0.05, 0.1) is 11.6 Å². The number of amides is 1. The van der Waals surface area contributed by atoms with E-state index in [1.165, 1.54) is 17.9 Å². The quantitative estimate of drug-likeness (QED) is 0.622. The fourth-order valence-corrected chi connectivity index (χ4v) is 2.15. The zero-order valence-electron chi connectivity index (χ0n) is 14.0. The fourth-order valence-electron chi connectivity index (χ4n) is 2.15. The molecule has 0 spiro atoms. The van der Waals surface area contributed by atoms with Gasteiger partial charge in [-0.05, 0) is 42.8 Å². The average Bonchev–Trinajstić information content (AvgIpc) is 2.66. The van der Waals surface area contributed by atoms with Gasteiger partial charge in [0.2, 0.25) is 0 Å². The molecule has 1 atom stereocenters. The molecule has 0 heterocycles. The zero-order chi connectivity index (χ0) is 18.2. The van der Waals surface area contributed by atoms with Crippen LogP contribution < -0.4 is 4.90 Å². The van der Waals surface area contributed by atoms with Crippen molar-refractivity contribution in [3.05, 3.63) is 71.8 Å². The largest absolute Gasteiger partial charge is 0.449 e. The number of hydrogen-bond acceptors (Lipinski definition) is 4. The van der Waals surface area contributed by atoms with Crippen molar-refractivity contribution in [1.29, 1.82) is 5.26 Å². The highest BCUT2D eigenvalue weighted by atomic mass is 16.5. The summed E-state index contributed by atoms with van der Waals surface area (Å²) in [6.07, 6.45) is 1.93. The molecule has 0 unspecified atom stereocenters. The van der Waals surface area contributed by atoms with Crippen LogP contribution in [0.25, 0.3) is 6.08 Å². The Bertz CT molecular complexity index is 805. The maximum absolute atomic E-state index is 12.3. The minimum absolute atomic E-state index is 0.314. The van der Waals surface area contributed by atoms with E-state index in [1.54, 1.807) is 49.5 Å². The molecule has 25 heavy (non-hydrogen) atoms. The third kappa shape index (κ3) is 5.05. The van der Waals surface area contributed by atoms with Gasteiger partial charge in [0.15, 0.2) is 6.10 Å². The third-order valence-corrected chi connectivity index (χ3v) is 3.57. The zero-order valence-corrected chi connectivity index (χ0v) is 14.0. The second kappa shape index (κ2) is 8.46. The van der Waals surface area contributed by atoms with Crippen LogP contribution in [0.5, 0.6) is 0 Å². The van der Waals surface area contributed by atoms with E-state index in [9.17, 15) is 9.59 Å². The van der Waals surface area contributed by atoms with Crippen LogP contribution in [-0.4, -0.2) is 25.0 Å². The van der Waals surface area contributed by atoms with Crippen molar-refractivity contribution in [3.63, 3.8) is 0 Å². The van der Waals surface area contributed by atoms with Crippen molar-refractivity contribution in [3.8, 4) is 6.07 Å². The van der Waals surface area contributed by atoms with Crippen molar-refractivity contribution >= 4 is 23.6 Å². The Balaban J connectivity index is 1.93. The van der Waals surface area contributed by atoms with Gasteiger partial charge in [0.1, 0.15) is 0 Å². The predicted molar refractivity (Wildman–Crippen MR) is 95.6 cm³/mol. The molecular formula is C20H18N2O3. The van der Waals surface area contributed by atoms with Gasteiger partial charge in [-0.1, -0.05) is 30.3 Å². The van der Waals surface area contributed by atoms with Gasteiger partial charge < -0.3 is 9.64 Å². The molecule has 0 aliphatic heterocycles. The summed E-state index contributed by atoms with van der Waals surface area (Å²) in [4.78, 5) is 25.6. The number of anilines is 1. The number of nitriles is 1. The summed E-state index contributed by atoms with van der Waals surface area (Å²) < 4.78 is 5.15. The monoisotopic (exact) mass is 334 g/mol. The minimum atomic E-state index is -0.900. The van der Waals surface area contributed by atoms with Crippen LogP contribution >= 0.6 is 0 Å². The lowest BCUT2D eigenvalue weighted by atomic mass is 10.1. The number of esters is 1. The van der Waals surface area contributed by atoms with E-state index >= 15 is 0 Å². The second-order valence-electron chi connectivity index (χ2n) is 5.38. The molecule has 0 fully saturated rings. The lowest BCUT2D eigenvalue weighted by molar-refractivity contribution is -0.148. The molecule has 0 aromatic heterocycles. The number of benzene rings is 2. The summed E-state index contributed by atoms with van der Waals surface area (Å²) in [5.41, 5.74) is 2.03. The topological polar surface area (TPSA) is 70.4 Å². The summed E-state index contributed by atoms with van der Waals surface area (Å²) in [7, 11) is 1.63. The second-order valence-corrected chi connectivity index (χ2v) is 5.38. The Morgan fingerprint density at radius 1 is 1.12 bits per heavy atom. The first kappa shape index (κ1) is 18.0. The van der Waals surface area contributed by atoms with Crippen LogP contribution in [0.1, 0.15) is 18.1 Å². The highest BCUT2D eigenvalue weighted by molar-refractivity contribution is 5.98. The lowest BCUT2D eigenvalue weighted by Gasteiger charge is -2.21. The van der Waals surface area contributed by atoms with Gasteiger partial charge in [0, 0.05) is 18.8 Å². The summed E-state index contributed by atoms with van der Waals surface area (Å²) in [5, 5.41) is 8.75. The molecule has 2 aromatic rings. The van der Waals surface area contributed by atoms with Crippen LogP contribution in [0.15, 0.2) is 60.7 Å². The molecular weight excluding hydrogens is 316 g/mol. The molecule has 5 nitrogen and oxygen atoms in total. The number of ether oxygens (including phenoxy) is 1. The first-order chi connectivity index (χ1) is 12.0. The van der Waals surface area contributed by atoms with Gasteiger partial charge >= 0.3 is 5.97 Å². The van der Waals surface area contributed by atoms with E-state index in [0.717, 1.165) is 11.3 Å². The van der Waals surface area contributed by atoms with E-state index in [4.69, 9.17) is 10.00 Å². The van der Waals surface area contributed by atoms with E-state index in [2.05, 4.69) is 0 Å². The smallest absolute Gasteiger partial charge is 0.331 e. The fraction of sp³-hybridized carbons (Fsp3) is 0.150. The van der Waals surface area contributed by atoms with Crippen molar-refractivity contribution in [2.45, 2.75) is 13.0 Å². The normalized spacial score (nSPS) is 11.6. The minimum Gasteiger partial charge on any atom is -0.449 e. The SMILES string of the molecule is C[C@H](OC(=O)/C=C/c1ccc(C#N)cc1)C(=O)N(C)c1ccccc1. The van der Waals surface area contributed by atoms with Crippen LogP contribution in [0.3, 0.4) is 0 Å². The number of para-hydroxylation sites is 1. The van der Waals surface area contributed by atoms with Gasteiger partial charge in [0.25, 0.3) is 5.91 Å². The number of hydrogen-bond donors (Lipinski definition) is 0. The molecule has 0 radical (unpaired) electrons. The van der Waals surface area contributed by atoms with Crippen LogP contribution in [0.4, 0.5) is 5.69 Å². The molecule has 126 valence electrons. The van der Waals surface area contributed by atoms with Gasteiger partial charge in [-0.3, -0.25) is 4.79 Å². The van der Waals surface area contributed by atoms with Crippen molar-refractivity contribution in [2.75, 3.05) is 11.9 Å². The third-order valence-electron chi connectivity index (χ3n) is 3.57. The number of carbonyl (C=O) groups is 2. The Labute approximate surface area is 146 Å². The molecule has 5 heteroatoms. The number of rotatable bonds is 5. The summed E-state index contributed by atoms with van der Waals surface area (Å²) in [6.45, 7) is 1.54. The molecule has 0 saturated carbocycles. The van der Waals surface area contributed by atoms with Gasteiger partial charge in [-0.2, -0.15) is 5.26 Å². The highest BCUT2D eigenvalue weighted by Gasteiger charge is 2.21. The van der Waals surface area contributed by atoms with Gasteiger partial charge in [-0.25, -0.2) is 4.79 Å². The molecule has 2 aromatic carbocycles. The van der Waals surface area contributed by atoms with E-state index in [1.807, 2.05) is 24.3 Å². The molecule has 0 aliphatic carbocycles. The standard InChI is InChI=1S/C20H18N2O3/c1-15(20(24)22(2)18-6-4-3-5-7-18)25-19(23)13-12-16-8-10-17(14-21)11-9-16/h3-13,15H,1-2H3/b13-12+/t15-/m0/s1. The van der Waals surface area contributed by atoms with Crippen molar-refractivity contribution < 1.29 is 14.3 Å². The molecule has 1 amide bonds. The first-order valence-electron chi connectivity index (χ1n) is 7.72. The highest BCUT2D eigenvalue weighted by Crippen LogP contribution is 2.13. The average molecular weight is 334 g/mol. The van der Waals surface area contributed by atoms with E-state index in [-0.39, 0.29) is 5.91 Å². The summed E-state index contributed by atoms with van der Waals surface area (Å²) >= 11 is 0. The molecule has 0 saturated heterocycles. The Morgan fingerprint density at radius 3 is 2.36 bits per heavy atom. The Hall–Kier alpha value is -3.39. The number of nitrogens with zero attached hydrogens (tertiary/aromatic N) is 2. The first-order valence-corrected chi connectivity index (χ1v) is 7.72. The van der Waals surface area contributed by atoms with Crippen molar-refractivity contribution in [1.82, 2.24) is 0 Å². The molecule has 0 N–H and O–H groups in total. The lowest BCUT2D eigenvalue weighted by Crippen LogP contribution is -2.37. The van der Waals surface area contributed by atoms with Crippen molar-refractivity contribution in [2.24, 2.45) is 0 Å². The number of carbonyl (C=O) groups excluding carboxylic acids is 2. The Kier molecular flexibility index (Phi) is 6.08. The molecule has 0 aliphatic rings. The predicted octanol–water partition coefficient (Wildman–Crippen LogP) is 3.17. The number of likely N-dealkylation sites (N-methyl/N-ethyl adjacent to an activating group) is 1. The molecule has 0 bridgehead atoms. The van der Waals surface area contributed by atoms with Gasteiger partial charge in [-0.15, -0.1) is 0 Å². The summed E-state index contributed by atoms with van der Waals surface area (Å²) in [6, 6.07) is 17.9. The maximum atomic E-state index is 12.3. The maximum Gasteiger partial charge on any atom is 0.331 e. The van der Waals surface area contributed by atoms with E-state index in [0.29, 0.717) is 5.56 Å².